The minimum Gasteiger partial charge on any atom is -0.443 e. The van der Waals surface area contributed by atoms with E-state index < -0.39 is 11.7 Å². The molecule has 6 nitrogen and oxygen atoms in total. The highest BCUT2D eigenvalue weighted by molar-refractivity contribution is 5.75. The van der Waals surface area contributed by atoms with Crippen molar-refractivity contribution in [3.63, 3.8) is 0 Å². The zero-order valence-electron chi connectivity index (χ0n) is 15.0. The molecule has 1 amide bonds. The Hall–Kier alpha value is -2.24. The van der Waals surface area contributed by atoms with E-state index in [2.05, 4.69) is 30.7 Å². The SMILES string of the molecule is CC(C)(C)C(CCc1ccc2[nH]c(=O)[nH]c2c1)C(C)(C)OC(N)=O. The molecule has 0 aliphatic heterocycles. The summed E-state index contributed by atoms with van der Waals surface area (Å²) in [7, 11) is 0. The van der Waals surface area contributed by atoms with Crippen molar-refractivity contribution in [3.05, 3.63) is 34.2 Å². The molecular formula is C18H27N3O3. The van der Waals surface area contributed by atoms with Crippen LogP contribution in [0.1, 0.15) is 46.6 Å². The fraction of sp³-hybridized carbons (Fsp3) is 0.556. The maximum atomic E-state index is 11.4. The number of ether oxygens (including phenoxy) is 1. The number of fused-ring (bicyclic) bond motifs is 1. The first-order valence-corrected chi connectivity index (χ1v) is 8.18. The van der Waals surface area contributed by atoms with E-state index in [1.807, 2.05) is 32.0 Å². The lowest BCUT2D eigenvalue weighted by Crippen LogP contribution is -2.44. The lowest BCUT2D eigenvalue weighted by molar-refractivity contribution is -0.0450. The number of rotatable bonds is 5. The molecule has 0 saturated carbocycles. The van der Waals surface area contributed by atoms with E-state index in [0.717, 1.165) is 29.4 Å². The molecular weight excluding hydrogens is 306 g/mol. The van der Waals surface area contributed by atoms with Gasteiger partial charge in [-0.1, -0.05) is 26.8 Å². The zero-order chi connectivity index (χ0) is 18.1. The number of nitrogens with one attached hydrogen (secondary N) is 2. The third kappa shape index (κ3) is 4.19. The first-order valence-electron chi connectivity index (χ1n) is 8.18. The van der Waals surface area contributed by atoms with Crippen molar-refractivity contribution >= 4 is 17.1 Å². The number of aromatic amines is 2. The Morgan fingerprint density at radius 3 is 2.38 bits per heavy atom. The van der Waals surface area contributed by atoms with Gasteiger partial charge in [0.15, 0.2) is 0 Å². The van der Waals surface area contributed by atoms with Gasteiger partial charge in [0.05, 0.1) is 11.0 Å². The van der Waals surface area contributed by atoms with Crippen LogP contribution in [0.25, 0.3) is 11.0 Å². The van der Waals surface area contributed by atoms with Gasteiger partial charge < -0.3 is 20.4 Å². The number of hydrogen-bond acceptors (Lipinski definition) is 3. The van der Waals surface area contributed by atoms with E-state index in [4.69, 9.17) is 10.5 Å². The number of aromatic nitrogens is 2. The molecule has 0 saturated heterocycles. The first-order chi connectivity index (χ1) is 11.0. The van der Waals surface area contributed by atoms with Gasteiger partial charge in [0.1, 0.15) is 5.60 Å². The second-order valence-corrected chi connectivity index (χ2v) is 7.94. The summed E-state index contributed by atoms with van der Waals surface area (Å²) in [6, 6.07) is 5.89. The first kappa shape index (κ1) is 18.1. The number of carbonyl (C=O) groups is 1. The van der Waals surface area contributed by atoms with Crippen LogP contribution in [0, 0.1) is 11.3 Å². The molecule has 0 aliphatic rings. The lowest BCUT2D eigenvalue weighted by Gasteiger charge is -2.42. The Kier molecular flexibility index (Phi) is 4.78. The fourth-order valence-corrected chi connectivity index (χ4v) is 3.70. The number of hydrogen-bond donors (Lipinski definition) is 3. The summed E-state index contributed by atoms with van der Waals surface area (Å²) in [6.45, 7) is 10.2. The Labute approximate surface area is 141 Å². The number of carbonyl (C=O) groups excluding carboxylic acids is 1. The van der Waals surface area contributed by atoms with E-state index in [9.17, 15) is 9.59 Å². The van der Waals surface area contributed by atoms with E-state index >= 15 is 0 Å². The van der Waals surface area contributed by atoms with Crippen LogP contribution in [0.4, 0.5) is 4.79 Å². The van der Waals surface area contributed by atoms with Crippen LogP contribution in [-0.4, -0.2) is 21.7 Å². The molecule has 4 N–H and O–H groups in total. The Balaban J connectivity index is 2.19. The molecule has 1 heterocycles. The molecule has 0 bridgehead atoms. The molecule has 0 spiro atoms. The Morgan fingerprint density at radius 2 is 1.79 bits per heavy atom. The van der Waals surface area contributed by atoms with Crippen LogP contribution in [-0.2, 0) is 11.2 Å². The van der Waals surface area contributed by atoms with Gasteiger partial charge in [0.25, 0.3) is 0 Å². The number of benzene rings is 1. The van der Waals surface area contributed by atoms with Crippen molar-refractivity contribution in [1.29, 1.82) is 0 Å². The van der Waals surface area contributed by atoms with Gasteiger partial charge >= 0.3 is 11.8 Å². The monoisotopic (exact) mass is 333 g/mol. The predicted molar refractivity (Wildman–Crippen MR) is 94.9 cm³/mol. The quantitative estimate of drug-likeness (QED) is 0.782. The van der Waals surface area contributed by atoms with Crippen molar-refractivity contribution in [2.75, 3.05) is 0 Å². The second kappa shape index (κ2) is 6.34. The summed E-state index contributed by atoms with van der Waals surface area (Å²) in [5.41, 5.74) is 7.05. The Morgan fingerprint density at radius 1 is 1.17 bits per heavy atom. The van der Waals surface area contributed by atoms with Crippen LogP contribution < -0.4 is 11.4 Å². The molecule has 6 heteroatoms. The molecule has 2 aromatic rings. The molecule has 24 heavy (non-hydrogen) atoms. The average Bonchev–Trinajstić information content (AvgIpc) is 2.74. The molecule has 0 fully saturated rings. The van der Waals surface area contributed by atoms with Gasteiger partial charge in [0, 0.05) is 5.92 Å². The second-order valence-electron chi connectivity index (χ2n) is 7.94. The molecule has 1 aromatic heterocycles. The van der Waals surface area contributed by atoms with Crippen molar-refractivity contribution in [2.24, 2.45) is 17.1 Å². The molecule has 1 unspecified atom stereocenters. The third-order valence-electron chi connectivity index (χ3n) is 4.55. The van der Waals surface area contributed by atoms with E-state index in [1.54, 1.807) is 0 Å². The molecule has 0 radical (unpaired) electrons. The number of aryl methyl sites for hydroxylation is 1. The maximum absolute atomic E-state index is 11.4. The topological polar surface area (TPSA) is 101 Å². The normalized spacial score (nSPS) is 13.9. The van der Waals surface area contributed by atoms with Gasteiger partial charge in [-0.05, 0) is 49.8 Å². The highest BCUT2D eigenvalue weighted by atomic mass is 16.6. The van der Waals surface area contributed by atoms with Crippen LogP contribution in [0.5, 0.6) is 0 Å². The van der Waals surface area contributed by atoms with Gasteiger partial charge in [-0.25, -0.2) is 9.59 Å². The van der Waals surface area contributed by atoms with Crippen molar-refractivity contribution in [2.45, 2.75) is 53.1 Å². The van der Waals surface area contributed by atoms with Crippen LogP contribution in [0.2, 0.25) is 0 Å². The predicted octanol–water partition coefficient (Wildman–Crippen LogP) is 3.33. The van der Waals surface area contributed by atoms with Crippen molar-refractivity contribution < 1.29 is 9.53 Å². The van der Waals surface area contributed by atoms with Crippen LogP contribution in [0.15, 0.2) is 23.0 Å². The molecule has 1 atom stereocenters. The smallest absolute Gasteiger partial charge is 0.405 e. The number of amides is 1. The summed E-state index contributed by atoms with van der Waals surface area (Å²) in [4.78, 5) is 28.1. The highest BCUT2D eigenvalue weighted by Gasteiger charge is 2.40. The van der Waals surface area contributed by atoms with Gasteiger partial charge in [-0.15, -0.1) is 0 Å². The summed E-state index contributed by atoms with van der Waals surface area (Å²) in [5.74, 6) is 0.124. The molecule has 0 aliphatic carbocycles. The van der Waals surface area contributed by atoms with Crippen molar-refractivity contribution in [3.8, 4) is 0 Å². The zero-order valence-corrected chi connectivity index (χ0v) is 15.0. The molecule has 132 valence electrons. The van der Waals surface area contributed by atoms with Gasteiger partial charge in [-0.3, -0.25) is 0 Å². The highest BCUT2D eigenvalue weighted by Crippen LogP contribution is 2.40. The molecule has 1 aromatic carbocycles. The maximum Gasteiger partial charge on any atom is 0.405 e. The molecule has 2 rings (SSSR count). The minimum absolute atomic E-state index is 0.0501. The lowest BCUT2D eigenvalue weighted by atomic mass is 9.69. The van der Waals surface area contributed by atoms with E-state index in [-0.39, 0.29) is 17.0 Å². The largest absolute Gasteiger partial charge is 0.443 e. The summed E-state index contributed by atoms with van der Waals surface area (Å²) in [6.07, 6.45) is 0.904. The number of primary amides is 1. The minimum atomic E-state index is -0.749. The fourth-order valence-electron chi connectivity index (χ4n) is 3.70. The van der Waals surface area contributed by atoms with E-state index in [1.165, 1.54) is 0 Å². The number of H-pyrrole nitrogens is 2. The van der Waals surface area contributed by atoms with Gasteiger partial charge in [-0.2, -0.15) is 0 Å². The standard InChI is InChI=1S/C18H27N3O3/c1-17(2,3)14(18(4,5)24-15(19)22)9-7-11-6-8-12-13(10-11)21-16(23)20-12/h6,8,10,14H,7,9H2,1-5H3,(H2,19,22)(H2,20,21,23). The van der Waals surface area contributed by atoms with Crippen LogP contribution in [0.3, 0.4) is 0 Å². The third-order valence-corrected chi connectivity index (χ3v) is 4.55. The van der Waals surface area contributed by atoms with Gasteiger partial charge in [0.2, 0.25) is 0 Å². The Bertz CT molecular complexity index is 781. The van der Waals surface area contributed by atoms with Crippen LogP contribution >= 0.6 is 0 Å². The number of imidazole rings is 1. The summed E-state index contributed by atoms with van der Waals surface area (Å²) >= 11 is 0. The van der Waals surface area contributed by atoms with E-state index in [0.29, 0.717) is 0 Å². The average molecular weight is 333 g/mol. The summed E-state index contributed by atoms with van der Waals surface area (Å²) < 4.78 is 5.37. The number of nitrogens with two attached hydrogens (primary N) is 1. The summed E-state index contributed by atoms with van der Waals surface area (Å²) in [5, 5.41) is 0. The van der Waals surface area contributed by atoms with Crippen molar-refractivity contribution in [1.82, 2.24) is 9.97 Å².